The van der Waals surface area contributed by atoms with E-state index in [1.54, 1.807) is 6.07 Å². The first-order chi connectivity index (χ1) is 13.7. The number of carbonyl (C=O) groups excluding carboxylic acids is 2. The summed E-state index contributed by atoms with van der Waals surface area (Å²) in [4.78, 5) is 23.0. The fourth-order valence-corrected chi connectivity index (χ4v) is 2.70. The van der Waals surface area contributed by atoms with Crippen molar-refractivity contribution in [3.05, 3.63) is 12.3 Å². The molecule has 0 spiro atoms. The lowest BCUT2D eigenvalue weighted by Gasteiger charge is -2.06. The normalized spacial score (nSPS) is 10.1. The van der Waals surface area contributed by atoms with Gasteiger partial charge in [0.15, 0.2) is 0 Å². The quantitative estimate of drug-likeness (QED) is 0.256. The zero-order chi connectivity index (χ0) is 20.5. The van der Waals surface area contributed by atoms with Gasteiger partial charge in [-0.25, -0.2) is 4.79 Å². The van der Waals surface area contributed by atoms with E-state index in [-0.39, 0.29) is 18.3 Å². The summed E-state index contributed by atoms with van der Waals surface area (Å²) < 4.78 is 5.15. The Kier molecular flexibility index (Phi) is 12.8. The van der Waals surface area contributed by atoms with Gasteiger partial charge in [0, 0.05) is 12.6 Å². The minimum Gasteiger partial charge on any atom is -0.445 e. The molecule has 8 heteroatoms. The Bertz CT molecular complexity index is 609. The van der Waals surface area contributed by atoms with E-state index in [1.807, 2.05) is 0 Å². The number of furan rings is 1. The van der Waals surface area contributed by atoms with Crippen molar-refractivity contribution in [3.8, 4) is 6.07 Å². The Balaban J connectivity index is 2.02. The highest BCUT2D eigenvalue weighted by atomic mass is 16.3. The molecule has 0 saturated heterocycles. The second-order valence-electron chi connectivity index (χ2n) is 6.77. The molecule has 0 aromatic carbocycles. The van der Waals surface area contributed by atoms with Crippen LogP contribution in [0.15, 0.2) is 16.7 Å². The largest absolute Gasteiger partial charge is 0.445 e. The molecule has 0 atom stereocenters. The topological polar surface area (TPSA) is 119 Å². The molecular weight excluding hydrogens is 358 g/mol. The number of amides is 3. The number of unbranched alkanes of at least 4 members (excludes halogenated alkanes) is 9. The summed E-state index contributed by atoms with van der Waals surface area (Å²) in [5.41, 5.74) is 5.30. The maximum Gasteiger partial charge on any atom is 0.319 e. The minimum absolute atomic E-state index is 0.250. The van der Waals surface area contributed by atoms with Gasteiger partial charge < -0.3 is 15.1 Å². The van der Waals surface area contributed by atoms with Gasteiger partial charge in [-0.15, -0.1) is 0 Å². The van der Waals surface area contributed by atoms with Gasteiger partial charge in [0.1, 0.15) is 12.7 Å². The molecule has 0 aliphatic rings. The highest BCUT2D eigenvalue weighted by molar-refractivity contribution is 5.89. The van der Waals surface area contributed by atoms with Gasteiger partial charge in [-0.05, 0) is 6.42 Å². The molecular formula is C20H33N5O3. The van der Waals surface area contributed by atoms with E-state index in [0.29, 0.717) is 12.2 Å². The van der Waals surface area contributed by atoms with Crippen molar-refractivity contribution in [2.75, 3.05) is 17.3 Å². The van der Waals surface area contributed by atoms with Gasteiger partial charge in [0.2, 0.25) is 5.88 Å². The third-order valence-electron chi connectivity index (χ3n) is 4.24. The smallest absolute Gasteiger partial charge is 0.319 e. The number of urea groups is 1. The fourth-order valence-electron chi connectivity index (χ4n) is 2.70. The van der Waals surface area contributed by atoms with Gasteiger partial charge in [0.25, 0.3) is 5.91 Å². The van der Waals surface area contributed by atoms with Crippen LogP contribution in [0.3, 0.4) is 0 Å². The van der Waals surface area contributed by atoms with Crippen molar-refractivity contribution in [2.24, 2.45) is 0 Å². The van der Waals surface area contributed by atoms with E-state index in [2.05, 4.69) is 28.4 Å². The Morgan fingerprint density at radius 3 is 2.32 bits per heavy atom. The molecule has 0 saturated carbocycles. The van der Waals surface area contributed by atoms with Crippen LogP contribution in [-0.4, -0.2) is 18.5 Å². The zero-order valence-electron chi connectivity index (χ0n) is 16.8. The van der Waals surface area contributed by atoms with E-state index >= 15 is 0 Å². The van der Waals surface area contributed by atoms with Crippen LogP contribution in [0.1, 0.15) is 77.6 Å². The molecule has 1 aromatic rings. The molecule has 156 valence electrons. The Labute approximate surface area is 167 Å². The number of carbonyl (C=O) groups is 2. The molecule has 1 rings (SSSR count). The first-order valence-corrected chi connectivity index (χ1v) is 10.2. The molecule has 0 aliphatic heterocycles. The molecule has 4 N–H and O–H groups in total. The van der Waals surface area contributed by atoms with Gasteiger partial charge in [0.05, 0.1) is 11.8 Å². The Hall–Kier alpha value is -2.69. The van der Waals surface area contributed by atoms with Crippen LogP contribution < -0.4 is 21.5 Å². The number of hydrogen-bond acceptors (Lipinski definition) is 5. The van der Waals surface area contributed by atoms with E-state index < -0.39 is 5.91 Å². The number of hydrazine groups is 1. The molecule has 3 amide bonds. The molecule has 0 fully saturated rings. The van der Waals surface area contributed by atoms with Gasteiger partial charge in [-0.1, -0.05) is 64.7 Å². The molecule has 0 unspecified atom stereocenters. The summed E-state index contributed by atoms with van der Waals surface area (Å²) in [5.74, 6) is -0.209. The predicted octanol–water partition coefficient (Wildman–Crippen LogP) is 4.68. The maximum atomic E-state index is 11.8. The van der Waals surface area contributed by atoms with Crippen molar-refractivity contribution < 1.29 is 14.0 Å². The SMILES string of the molecule is CCCCCCCCCCCCNC(=O)Nc1coc(NNC(=O)CC#N)c1. The standard InChI is InChI=1S/C20H33N5O3/c1-2-3-4-5-6-7-8-9-10-11-14-22-20(27)23-17-15-19(28-16-17)25-24-18(26)12-13-21/h15-16,25H,2-12,14H2,1H3,(H,24,26)(H2,22,23,27). The summed E-state index contributed by atoms with van der Waals surface area (Å²) in [5, 5.41) is 13.9. The van der Waals surface area contributed by atoms with Crippen LogP contribution >= 0.6 is 0 Å². The lowest BCUT2D eigenvalue weighted by Crippen LogP contribution is -2.29. The summed E-state index contributed by atoms with van der Waals surface area (Å²) in [6, 6.07) is 2.97. The number of nitriles is 1. The first-order valence-electron chi connectivity index (χ1n) is 10.2. The second-order valence-corrected chi connectivity index (χ2v) is 6.77. The highest BCUT2D eigenvalue weighted by Gasteiger charge is 2.06. The first kappa shape index (κ1) is 23.3. The van der Waals surface area contributed by atoms with E-state index in [0.717, 1.165) is 12.8 Å². The van der Waals surface area contributed by atoms with Crippen LogP contribution in [0, 0.1) is 11.3 Å². The molecule has 0 radical (unpaired) electrons. The van der Waals surface area contributed by atoms with Crippen LogP contribution in [0.2, 0.25) is 0 Å². The van der Waals surface area contributed by atoms with E-state index in [4.69, 9.17) is 9.68 Å². The summed E-state index contributed by atoms with van der Waals surface area (Å²) in [6.07, 6.45) is 13.7. The monoisotopic (exact) mass is 391 g/mol. The van der Waals surface area contributed by atoms with Crippen LogP contribution in [-0.2, 0) is 4.79 Å². The van der Waals surface area contributed by atoms with Gasteiger partial charge in [-0.3, -0.25) is 15.6 Å². The van der Waals surface area contributed by atoms with Crippen LogP contribution in [0.4, 0.5) is 16.4 Å². The van der Waals surface area contributed by atoms with Crippen molar-refractivity contribution in [1.29, 1.82) is 5.26 Å². The van der Waals surface area contributed by atoms with Gasteiger partial charge >= 0.3 is 6.03 Å². The van der Waals surface area contributed by atoms with Crippen LogP contribution in [0.5, 0.6) is 0 Å². The predicted molar refractivity (Wildman–Crippen MR) is 110 cm³/mol. The average molecular weight is 392 g/mol. The summed E-state index contributed by atoms with van der Waals surface area (Å²) in [6.45, 7) is 2.87. The van der Waals surface area contributed by atoms with Crippen molar-refractivity contribution in [2.45, 2.75) is 77.6 Å². The fraction of sp³-hybridized carbons (Fsp3) is 0.650. The summed E-state index contributed by atoms with van der Waals surface area (Å²) in [7, 11) is 0. The number of hydrogen-bond donors (Lipinski definition) is 4. The number of anilines is 2. The molecule has 28 heavy (non-hydrogen) atoms. The molecule has 1 aromatic heterocycles. The average Bonchev–Trinajstić information content (AvgIpc) is 3.12. The second kappa shape index (κ2) is 15.4. The minimum atomic E-state index is -0.470. The van der Waals surface area contributed by atoms with E-state index in [1.165, 1.54) is 63.7 Å². The molecule has 8 nitrogen and oxygen atoms in total. The lowest BCUT2D eigenvalue weighted by molar-refractivity contribution is -0.119. The van der Waals surface area contributed by atoms with Crippen molar-refractivity contribution >= 4 is 23.5 Å². The van der Waals surface area contributed by atoms with Crippen molar-refractivity contribution in [1.82, 2.24) is 10.7 Å². The molecule has 0 bridgehead atoms. The number of nitrogens with zero attached hydrogens (tertiary/aromatic N) is 1. The number of nitrogens with one attached hydrogen (secondary N) is 4. The Morgan fingerprint density at radius 1 is 1.04 bits per heavy atom. The molecule has 0 aliphatic carbocycles. The third-order valence-corrected chi connectivity index (χ3v) is 4.24. The maximum absolute atomic E-state index is 11.8. The number of rotatable bonds is 15. The van der Waals surface area contributed by atoms with Crippen LogP contribution in [0.25, 0.3) is 0 Å². The lowest BCUT2D eigenvalue weighted by atomic mass is 10.1. The van der Waals surface area contributed by atoms with Gasteiger partial charge in [-0.2, -0.15) is 5.26 Å². The highest BCUT2D eigenvalue weighted by Crippen LogP contribution is 2.17. The van der Waals surface area contributed by atoms with E-state index in [9.17, 15) is 9.59 Å². The third kappa shape index (κ3) is 11.8. The van der Waals surface area contributed by atoms with Crippen molar-refractivity contribution in [3.63, 3.8) is 0 Å². The molecule has 1 heterocycles. The zero-order valence-corrected chi connectivity index (χ0v) is 16.8. The Morgan fingerprint density at radius 2 is 1.68 bits per heavy atom. The summed E-state index contributed by atoms with van der Waals surface area (Å²) >= 11 is 0.